The number of benzene rings is 1. The minimum atomic E-state index is -0.373. The average Bonchev–Trinajstić information content (AvgIpc) is 2.64. The summed E-state index contributed by atoms with van der Waals surface area (Å²) in [5, 5.41) is 0. The molecule has 0 aliphatic heterocycles. The number of carbonyl (C=O) groups is 1. The topological polar surface area (TPSA) is 64.8 Å². The van der Waals surface area contributed by atoms with Gasteiger partial charge in [0.05, 0.1) is 24.6 Å². The van der Waals surface area contributed by atoms with E-state index in [9.17, 15) is 4.79 Å². The van der Waals surface area contributed by atoms with Crippen LogP contribution in [0, 0.1) is 5.92 Å². The van der Waals surface area contributed by atoms with Crippen LogP contribution in [0.5, 0.6) is 0 Å². The molecule has 1 aliphatic carbocycles. The number of hydrogen-bond acceptors (Lipinski definition) is 5. The summed E-state index contributed by atoms with van der Waals surface area (Å²) in [6.07, 6.45) is 6.22. The first-order chi connectivity index (χ1) is 12.4. The highest BCUT2D eigenvalue weighted by molar-refractivity contribution is 5.71. The van der Waals surface area contributed by atoms with E-state index in [1.165, 1.54) is 39.2 Å². The molecule has 5 heteroatoms. The van der Waals surface area contributed by atoms with Crippen LogP contribution in [0.2, 0.25) is 0 Å². The summed E-state index contributed by atoms with van der Waals surface area (Å²) < 4.78 is 10.2. The third-order valence-electron chi connectivity index (χ3n) is 5.09. The molecule has 1 aromatic carbocycles. The van der Waals surface area contributed by atoms with Crippen LogP contribution in [0.4, 0.5) is 11.4 Å². The Labute approximate surface area is 157 Å². The second kappa shape index (κ2) is 9.81. The Bertz CT molecular complexity index is 583. The quantitative estimate of drug-likeness (QED) is 0.551. The van der Waals surface area contributed by atoms with Crippen molar-refractivity contribution in [2.75, 3.05) is 30.9 Å². The molecule has 1 aromatic rings. The lowest BCUT2D eigenvalue weighted by atomic mass is 9.92. The van der Waals surface area contributed by atoms with Crippen molar-refractivity contribution in [3.63, 3.8) is 0 Å². The zero-order valence-corrected chi connectivity index (χ0v) is 16.7. The maximum atomic E-state index is 11.3. The van der Waals surface area contributed by atoms with Crippen LogP contribution in [0.15, 0.2) is 18.2 Å². The second-order valence-electron chi connectivity index (χ2n) is 7.69. The van der Waals surface area contributed by atoms with Crippen LogP contribution in [0.3, 0.4) is 0 Å². The van der Waals surface area contributed by atoms with Gasteiger partial charge in [0.15, 0.2) is 0 Å². The van der Waals surface area contributed by atoms with Gasteiger partial charge < -0.3 is 20.1 Å². The first-order valence-corrected chi connectivity index (χ1v) is 9.76. The maximum absolute atomic E-state index is 11.3. The number of esters is 1. The van der Waals surface area contributed by atoms with E-state index in [2.05, 4.69) is 35.6 Å². The van der Waals surface area contributed by atoms with E-state index >= 15 is 0 Å². The monoisotopic (exact) mass is 362 g/mol. The molecule has 0 radical (unpaired) electrons. The van der Waals surface area contributed by atoms with Crippen LogP contribution in [0.1, 0.15) is 64.5 Å². The zero-order chi connectivity index (χ0) is 19.1. The molecule has 0 saturated heterocycles. The number of nitrogens with zero attached hydrogens (tertiary/aromatic N) is 1. The molecule has 5 nitrogen and oxygen atoms in total. The molecule has 146 valence electrons. The largest absolute Gasteiger partial charge is 0.467 e. The van der Waals surface area contributed by atoms with Crippen LogP contribution < -0.4 is 10.6 Å². The van der Waals surface area contributed by atoms with Crippen LogP contribution >= 0.6 is 0 Å². The molecule has 0 spiro atoms. The van der Waals surface area contributed by atoms with E-state index in [1.807, 2.05) is 13.0 Å². The number of methoxy groups -OCH3 is 1. The predicted octanol–water partition coefficient (Wildman–Crippen LogP) is 4.31. The molecular formula is C21H34N2O3. The Hall–Kier alpha value is -1.75. The first-order valence-electron chi connectivity index (χ1n) is 9.76. The van der Waals surface area contributed by atoms with Gasteiger partial charge in [-0.15, -0.1) is 0 Å². The molecule has 1 aliphatic rings. The number of rotatable bonds is 8. The van der Waals surface area contributed by atoms with Crippen LogP contribution in [0.25, 0.3) is 0 Å². The Kier molecular flexibility index (Phi) is 7.76. The summed E-state index contributed by atoms with van der Waals surface area (Å²) >= 11 is 0. The third-order valence-corrected chi connectivity index (χ3v) is 5.09. The third kappa shape index (κ3) is 5.63. The van der Waals surface area contributed by atoms with Crippen molar-refractivity contribution in [1.82, 2.24) is 0 Å². The van der Waals surface area contributed by atoms with Gasteiger partial charge in [0.1, 0.15) is 6.61 Å². The number of nitrogen functional groups attached to an aromatic ring is 1. The van der Waals surface area contributed by atoms with E-state index in [4.69, 9.17) is 10.5 Å². The highest BCUT2D eigenvalue weighted by Crippen LogP contribution is 2.33. The summed E-state index contributed by atoms with van der Waals surface area (Å²) in [5.41, 5.74) is 9.31. The lowest BCUT2D eigenvalue weighted by molar-refractivity contribution is -0.147. The molecule has 1 saturated carbocycles. The Balaban J connectivity index is 2.15. The minimum absolute atomic E-state index is 0.0547. The number of ether oxygens (including phenoxy) is 2. The normalized spacial score (nSPS) is 16.5. The van der Waals surface area contributed by atoms with Gasteiger partial charge in [-0.3, -0.25) is 0 Å². The van der Waals surface area contributed by atoms with Crippen molar-refractivity contribution < 1.29 is 14.3 Å². The lowest BCUT2D eigenvalue weighted by Gasteiger charge is -2.38. The maximum Gasteiger partial charge on any atom is 0.331 e. The highest BCUT2D eigenvalue weighted by atomic mass is 16.6. The zero-order valence-electron chi connectivity index (χ0n) is 16.7. The molecule has 0 bridgehead atoms. The fraction of sp³-hybridized carbons (Fsp3) is 0.667. The fourth-order valence-electron chi connectivity index (χ4n) is 3.67. The first kappa shape index (κ1) is 20.6. The summed E-state index contributed by atoms with van der Waals surface area (Å²) in [5.74, 6) is 0.208. The Morgan fingerprint density at radius 3 is 2.50 bits per heavy atom. The van der Waals surface area contributed by atoms with Crippen molar-refractivity contribution >= 4 is 17.3 Å². The van der Waals surface area contributed by atoms with Gasteiger partial charge in [0.2, 0.25) is 0 Å². The van der Waals surface area contributed by atoms with Gasteiger partial charge >= 0.3 is 5.97 Å². The van der Waals surface area contributed by atoms with Gasteiger partial charge in [-0.1, -0.05) is 39.2 Å². The molecular weight excluding hydrogens is 328 g/mol. The number of hydrogen-bond donors (Lipinski definition) is 1. The molecule has 2 N–H and O–H groups in total. The molecule has 1 fully saturated rings. The van der Waals surface area contributed by atoms with Crippen LogP contribution in [-0.4, -0.2) is 32.3 Å². The second-order valence-corrected chi connectivity index (χ2v) is 7.69. The molecule has 0 heterocycles. The van der Waals surface area contributed by atoms with Crippen LogP contribution in [-0.2, 0) is 14.3 Å². The summed E-state index contributed by atoms with van der Waals surface area (Å²) in [4.78, 5) is 13.8. The Morgan fingerprint density at radius 2 is 1.92 bits per heavy atom. The van der Waals surface area contributed by atoms with Gasteiger partial charge in [-0.05, 0) is 43.4 Å². The van der Waals surface area contributed by atoms with Gasteiger partial charge in [-0.2, -0.15) is 0 Å². The summed E-state index contributed by atoms with van der Waals surface area (Å²) in [6, 6.07) is 6.73. The van der Waals surface area contributed by atoms with Gasteiger partial charge in [-0.25, -0.2) is 4.79 Å². The molecule has 0 aromatic heterocycles. The van der Waals surface area contributed by atoms with E-state index in [0.29, 0.717) is 12.0 Å². The number of carbonyl (C=O) groups excluding carboxylic acids is 1. The van der Waals surface area contributed by atoms with Crippen molar-refractivity contribution in [2.24, 2.45) is 5.92 Å². The predicted molar refractivity (Wildman–Crippen MR) is 106 cm³/mol. The van der Waals surface area contributed by atoms with Crippen molar-refractivity contribution in [2.45, 2.75) is 65.0 Å². The van der Waals surface area contributed by atoms with Gasteiger partial charge in [0.25, 0.3) is 0 Å². The lowest BCUT2D eigenvalue weighted by Crippen LogP contribution is -2.39. The smallest absolute Gasteiger partial charge is 0.331 e. The molecule has 1 unspecified atom stereocenters. The molecule has 2 rings (SSSR count). The fourth-order valence-corrected chi connectivity index (χ4v) is 3.67. The number of anilines is 2. The average molecular weight is 363 g/mol. The molecule has 0 amide bonds. The van der Waals surface area contributed by atoms with Gasteiger partial charge in [0, 0.05) is 12.6 Å². The Morgan fingerprint density at radius 1 is 1.23 bits per heavy atom. The SMILES string of the molecule is COC(=O)COC(C)c1ccc(N(CC(C)C)C2CCCCC2)c(N)c1. The van der Waals surface area contributed by atoms with Crippen molar-refractivity contribution in [3.8, 4) is 0 Å². The van der Waals surface area contributed by atoms with Crippen molar-refractivity contribution in [3.05, 3.63) is 23.8 Å². The van der Waals surface area contributed by atoms with E-state index in [1.54, 1.807) is 0 Å². The van der Waals surface area contributed by atoms with Crippen molar-refractivity contribution in [1.29, 1.82) is 0 Å². The summed E-state index contributed by atoms with van der Waals surface area (Å²) in [6.45, 7) is 7.39. The highest BCUT2D eigenvalue weighted by Gasteiger charge is 2.24. The standard InChI is InChI=1S/C21H34N2O3/c1-15(2)13-23(18-8-6-5-7-9-18)20-11-10-17(12-19(20)22)16(3)26-14-21(24)25-4/h10-12,15-16,18H,5-9,13-14,22H2,1-4H3. The minimum Gasteiger partial charge on any atom is -0.467 e. The summed E-state index contributed by atoms with van der Waals surface area (Å²) in [7, 11) is 1.36. The molecule has 26 heavy (non-hydrogen) atoms. The van der Waals surface area contributed by atoms with E-state index < -0.39 is 0 Å². The molecule has 1 atom stereocenters. The van der Waals surface area contributed by atoms with E-state index in [0.717, 1.165) is 23.5 Å². The number of nitrogens with two attached hydrogens (primary N) is 1. The van der Waals surface area contributed by atoms with E-state index in [-0.39, 0.29) is 18.7 Å².